The van der Waals surface area contributed by atoms with Crippen LogP contribution in [0.15, 0.2) is 42.0 Å². The van der Waals surface area contributed by atoms with Gasteiger partial charge in [0.2, 0.25) is 17.5 Å². The molecular formula is C43H66N6O9. The Bertz CT molecular complexity index is 1610. The van der Waals surface area contributed by atoms with E-state index in [-0.39, 0.29) is 72.9 Å². The van der Waals surface area contributed by atoms with Crippen LogP contribution in [-0.2, 0) is 44.5 Å². The number of ketones is 3. The van der Waals surface area contributed by atoms with Gasteiger partial charge in [0.1, 0.15) is 29.2 Å². The van der Waals surface area contributed by atoms with Gasteiger partial charge in [-0.15, -0.1) is 0 Å². The third kappa shape index (κ3) is 12.5. The summed E-state index contributed by atoms with van der Waals surface area (Å²) >= 11 is 0. The smallest absolute Gasteiger partial charge is 0.407 e. The third-order valence-electron chi connectivity index (χ3n) is 11.9. The fourth-order valence-corrected chi connectivity index (χ4v) is 8.73. The van der Waals surface area contributed by atoms with E-state index in [0.717, 1.165) is 18.4 Å². The van der Waals surface area contributed by atoms with Gasteiger partial charge in [-0.1, -0.05) is 55.8 Å². The lowest BCUT2D eigenvalue weighted by molar-refractivity contribution is -0.139. The fourth-order valence-electron chi connectivity index (χ4n) is 8.73. The Morgan fingerprint density at radius 1 is 0.879 bits per heavy atom. The first kappa shape index (κ1) is 45.5. The molecule has 4 unspecified atom stereocenters. The molecule has 1 aromatic rings. The molecule has 0 radical (unpaired) electrons. The van der Waals surface area contributed by atoms with E-state index >= 15 is 0 Å². The molecule has 4 fully saturated rings. The average Bonchev–Trinajstić information content (AvgIpc) is 4.10. The number of benzene rings is 1. The first-order chi connectivity index (χ1) is 27.6. The molecule has 0 aromatic heterocycles. The number of hydrazine groups is 2. The van der Waals surface area contributed by atoms with Crippen LogP contribution in [0.3, 0.4) is 0 Å². The van der Waals surface area contributed by atoms with Gasteiger partial charge >= 0.3 is 6.09 Å². The lowest BCUT2D eigenvalue weighted by Crippen LogP contribution is -2.56. The summed E-state index contributed by atoms with van der Waals surface area (Å²) in [5.41, 5.74) is 12.8. The molecule has 15 nitrogen and oxygen atoms in total. The molecule has 2 saturated heterocycles. The molecule has 2 amide bonds. The van der Waals surface area contributed by atoms with E-state index in [9.17, 15) is 24.0 Å². The topological polar surface area (TPSA) is 201 Å². The molecule has 2 aliphatic heterocycles. The van der Waals surface area contributed by atoms with E-state index in [1.807, 2.05) is 44.2 Å². The zero-order chi connectivity index (χ0) is 42.0. The van der Waals surface area contributed by atoms with E-state index in [4.69, 9.17) is 18.9 Å². The van der Waals surface area contributed by atoms with Crippen molar-refractivity contribution in [3.63, 3.8) is 0 Å². The highest BCUT2D eigenvalue weighted by molar-refractivity contribution is 6.41. The normalized spacial score (nSPS) is 29.9. The first-order valence-corrected chi connectivity index (χ1v) is 21.0. The van der Waals surface area contributed by atoms with E-state index < -0.39 is 41.4 Å². The molecule has 4 aliphatic rings. The van der Waals surface area contributed by atoms with Crippen LogP contribution in [-0.4, -0.2) is 110 Å². The minimum absolute atomic E-state index is 0.00292. The number of Topliss-reactive ketones (excluding diaryl/α,β-unsaturated/α-hetero) is 3. The van der Waals surface area contributed by atoms with E-state index in [2.05, 4.69) is 59.2 Å². The van der Waals surface area contributed by atoms with Gasteiger partial charge in [0.05, 0.1) is 43.8 Å². The van der Waals surface area contributed by atoms with Gasteiger partial charge in [0.15, 0.2) is 0 Å². The lowest BCUT2D eigenvalue weighted by Gasteiger charge is -2.42. The number of hydrogen-bond acceptors (Lipinski definition) is 13. The molecule has 1 spiro atoms. The van der Waals surface area contributed by atoms with E-state index in [1.54, 1.807) is 7.11 Å². The average molecular weight is 811 g/mol. The zero-order valence-corrected chi connectivity index (χ0v) is 35.3. The molecule has 5 rings (SSSR count). The van der Waals surface area contributed by atoms with Gasteiger partial charge in [-0.05, 0) is 97.0 Å². The molecule has 8 atom stereocenters. The minimum Gasteiger partial charge on any atom is -0.443 e. The molecule has 15 heteroatoms. The second kappa shape index (κ2) is 20.6. The summed E-state index contributed by atoms with van der Waals surface area (Å²) in [4.78, 5) is 64.7. The Morgan fingerprint density at radius 2 is 1.50 bits per heavy atom. The van der Waals surface area contributed by atoms with Crippen molar-refractivity contribution in [1.82, 2.24) is 32.3 Å². The van der Waals surface area contributed by atoms with Crippen molar-refractivity contribution in [2.45, 2.75) is 153 Å². The van der Waals surface area contributed by atoms with Crippen LogP contribution in [0.5, 0.6) is 0 Å². The maximum Gasteiger partial charge on any atom is 0.407 e. The van der Waals surface area contributed by atoms with Gasteiger partial charge in [-0.3, -0.25) is 19.2 Å². The fraction of sp³-hybridized carbons (Fsp3) is 0.698. The Kier molecular flexibility index (Phi) is 16.2. The van der Waals surface area contributed by atoms with Crippen molar-refractivity contribution in [2.24, 2.45) is 11.8 Å². The Hall–Kier alpha value is -3.57. The molecular weight excluding hydrogens is 745 g/mol. The highest BCUT2D eigenvalue weighted by Gasteiger charge is 2.72. The molecule has 2 saturated carbocycles. The Morgan fingerprint density at radius 3 is 2.10 bits per heavy atom. The van der Waals surface area contributed by atoms with Gasteiger partial charge in [-0.25, -0.2) is 26.5 Å². The number of alkyl carbamates (subject to hydrolysis) is 1. The van der Waals surface area contributed by atoms with Crippen molar-refractivity contribution in [2.75, 3.05) is 26.8 Å². The van der Waals surface area contributed by atoms with Crippen LogP contribution < -0.4 is 32.3 Å². The highest BCUT2D eigenvalue weighted by atomic mass is 16.6. The number of hydrogen-bond donors (Lipinski definition) is 6. The number of carbonyl (C=O) groups is 5. The summed E-state index contributed by atoms with van der Waals surface area (Å²) in [7, 11) is 1.66. The SMILES string of the molecule is COC1C(OC(=O)N[C@H]2CC[C@H](NC(=O)CNN[C@@H](CC(C)C)C(=O)C(=O)[C@H](Cc3ccccc3)NNCC(C)=O)CC2)CC[C@]2(CO2)C1C1(C)O[C@@H]1CC=C(C)C. The monoisotopic (exact) mass is 810 g/mol. The molecule has 0 bridgehead atoms. The van der Waals surface area contributed by atoms with Crippen LogP contribution in [0.25, 0.3) is 0 Å². The van der Waals surface area contributed by atoms with Gasteiger partial charge < -0.3 is 29.6 Å². The third-order valence-corrected chi connectivity index (χ3v) is 11.9. The molecule has 6 N–H and O–H groups in total. The number of ether oxygens (including phenoxy) is 4. The molecule has 2 heterocycles. The number of carbonyl (C=O) groups excluding carboxylic acids is 5. The van der Waals surface area contributed by atoms with Crippen LogP contribution in [0.2, 0.25) is 0 Å². The summed E-state index contributed by atoms with van der Waals surface area (Å²) in [5, 5.41) is 6.09. The second-order valence-electron chi connectivity index (χ2n) is 17.4. The highest BCUT2D eigenvalue weighted by Crippen LogP contribution is 2.59. The molecule has 58 heavy (non-hydrogen) atoms. The molecule has 322 valence electrons. The van der Waals surface area contributed by atoms with E-state index in [0.29, 0.717) is 45.1 Å². The van der Waals surface area contributed by atoms with E-state index in [1.165, 1.54) is 12.5 Å². The van der Waals surface area contributed by atoms with Gasteiger partial charge in [0.25, 0.3) is 0 Å². The Labute approximate surface area is 343 Å². The van der Waals surface area contributed by atoms with Crippen molar-refractivity contribution in [3.8, 4) is 0 Å². The predicted molar refractivity (Wildman–Crippen MR) is 217 cm³/mol. The van der Waals surface area contributed by atoms with Crippen LogP contribution in [0.1, 0.15) is 98.5 Å². The predicted octanol–water partition coefficient (Wildman–Crippen LogP) is 3.16. The maximum atomic E-state index is 13.5. The van der Waals surface area contributed by atoms with Crippen LogP contribution in [0, 0.1) is 11.8 Å². The second-order valence-corrected chi connectivity index (χ2v) is 17.4. The quantitative estimate of drug-likeness (QED) is 0.0433. The van der Waals surface area contributed by atoms with Gasteiger partial charge in [-0.2, -0.15) is 0 Å². The largest absolute Gasteiger partial charge is 0.443 e. The van der Waals surface area contributed by atoms with Crippen molar-refractivity contribution in [3.05, 3.63) is 47.5 Å². The summed E-state index contributed by atoms with van der Waals surface area (Å²) in [6.07, 6.45) is 6.57. The minimum atomic E-state index is -0.899. The van der Waals surface area contributed by atoms with Gasteiger partial charge in [0, 0.05) is 19.2 Å². The summed E-state index contributed by atoms with van der Waals surface area (Å²) < 4.78 is 24.4. The molecule has 1 aromatic carbocycles. The van der Waals surface area contributed by atoms with Crippen molar-refractivity contribution >= 4 is 29.4 Å². The number of epoxide rings is 2. The van der Waals surface area contributed by atoms with Crippen LogP contribution in [0.4, 0.5) is 4.79 Å². The summed E-state index contributed by atoms with van der Waals surface area (Å²) in [5.74, 6) is -1.60. The number of amides is 2. The number of nitrogens with one attached hydrogen (secondary N) is 6. The number of allylic oxidation sites excluding steroid dienone is 1. The van der Waals surface area contributed by atoms with Crippen molar-refractivity contribution in [1.29, 1.82) is 0 Å². The lowest BCUT2D eigenvalue weighted by atomic mass is 9.68. The summed E-state index contributed by atoms with van der Waals surface area (Å²) in [6.45, 7) is 12.2. The Balaban J connectivity index is 1.05. The summed E-state index contributed by atoms with van der Waals surface area (Å²) in [6, 6.07) is 7.39. The van der Waals surface area contributed by atoms with Crippen LogP contribution >= 0.6 is 0 Å². The maximum absolute atomic E-state index is 13.5. The molecule has 2 aliphatic carbocycles. The number of methoxy groups -OCH3 is 1. The number of rotatable bonds is 22. The van der Waals surface area contributed by atoms with Crippen molar-refractivity contribution < 1.29 is 42.9 Å². The zero-order valence-electron chi connectivity index (χ0n) is 35.3. The standard InChI is InChI=1S/C43H66N6O9/c1-26(2)13-18-35-42(6,58-35)40-39(55-7)34(19-20-43(40)25-56-43)57-41(54)47-31-16-14-30(15-17-31)46-36(51)24-45-48-32(21-27(3)4)37(52)38(53)33(49-44-23-28(5)50)22-29-11-9-8-10-12-29/h8-13,27,30-35,39-40,44-45,48-49H,14-25H2,1-7H3,(H,46,51)(H,47,54)/t30-,31-,32-,33-,34?,35+,39?,40?,42?,43-/m0/s1. The first-order valence-electron chi connectivity index (χ1n) is 21.0.